The zero-order valence-corrected chi connectivity index (χ0v) is 67.6. The molecule has 94 heavy (non-hydrogen) atoms. The Morgan fingerprint density at radius 1 is 0.394 bits per heavy atom. The van der Waals surface area contributed by atoms with E-state index in [0.29, 0.717) is 79.4 Å². The van der Waals surface area contributed by atoms with Crippen LogP contribution >= 0.6 is 0 Å². The van der Waals surface area contributed by atoms with Crippen molar-refractivity contribution >= 4 is 47.8 Å². The second-order valence-electron chi connectivity index (χ2n) is 31.8. The highest BCUT2D eigenvalue weighted by molar-refractivity contribution is 5.80. The summed E-state index contributed by atoms with van der Waals surface area (Å²) in [5.74, 6) is 2.95. The molecule has 2 atom stereocenters. The van der Waals surface area contributed by atoms with E-state index in [9.17, 15) is 38.4 Å². The lowest BCUT2D eigenvalue weighted by molar-refractivity contribution is -0.160. The summed E-state index contributed by atoms with van der Waals surface area (Å²) in [5, 5.41) is 0. The van der Waals surface area contributed by atoms with E-state index >= 15 is 0 Å². The van der Waals surface area contributed by atoms with E-state index in [1.807, 2.05) is 180 Å². The molecular formula is C78H150O16. The molecule has 0 aliphatic heterocycles. The number of hydrogen-bond acceptors (Lipinski definition) is 16. The molecule has 2 aliphatic rings. The summed E-state index contributed by atoms with van der Waals surface area (Å²) in [7, 11) is 0. The lowest BCUT2D eigenvalue weighted by Crippen LogP contribution is -2.33. The van der Waals surface area contributed by atoms with Gasteiger partial charge >= 0.3 is 47.8 Å². The Balaban J connectivity index is -0.000000236. The highest BCUT2D eigenvalue weighted by Crippen LogP contribution is 2.55. The first kappa shape index (κ1) is 101. The maximum absolute atomic E-state index is 11.6. The maximum atomic E-state index is 11.6. The van der Waals surface area contributed by atoms with Gasteiger partial charge in [0.25, 0.3) is 0 Å². The highest BCUT2D eigenvalue weighted by Gasteiger charge is 2.54. The molecule has 0 radical (unpaired) electrons. The van der Waals surface area contributed by atoms with Gasteiger partial charge in [0.2, 0.25) is 0 Å². The summed E-state index contributed by atoms with van der Waals surface area (Å²) < 4.78 is 40.5. The average molecular weight is 1340 g/mol. The van der Waals surface area contributed by atoms with Crippen LogP contribution in [0, 0.1) is 74.9 Å². The van der Waals surface area contributed by atoms with Crippen molar-refractivity contribution in [1.29, 1.82) is 0 Å². The van der Waals surface area contributed by atoms with E-state index in [0.717, 1.165) is 24.8 Å². The minimum Gasteiger partial charge on any atom is -0.463 e. The average Bonchev–Trinajstić information content (AvgIpc) is 1.62. The SMILES string of the molecule is C=C(C)CCC(=O)OC(C)C.CC(C)CC(=O)OC(C)C.CC(C)OC(=O)C(C)(C)C(C)C.CC(C)OC(=O)C(C)C(C)C.CC(C)OC(=O)C1(C(C)C)CC1.CC(C)OC(=O)CC(C)(C)C(C)C.CC(C)OC(=O)CC(C)C(C)C.CC(C)OC(=O)CC1(C(C)C)CC1. The van der Waals surface area contributed by atoms with Crippen LogP contribution in [0.15, 0.2) is 12.2 Å². The van der Waals surface area contributed by atoms with Crippen molar-refractivity contribution in [2.75, 3.05) is 0 Å². The summed E-state index contributed by atoms with van der Waals surface area (Å²) >= 11 is 0. The Hall–Kier alpha value is -4.50. The van der Waals surface area contributed by atoms with Crippen LogP contribution in [0.3, 0.4) is 0 Å². The van der Waals surface area contributed by atoms with Crippen LogP contribution in [0.4, 0.5) is 0 Å². The van der Waals surface area contributed by atoms with Crippen LogP contribution in [-0.4, -0.2) is 96.6 Å². The zero-order valence-electron chi connectivity index (χ0n) is 67.6. The third-order valence-corrected chi connectivity index (χ3v) is 16.2. The van der Waals surface area contributed by atoms with Gasteiger partial charge in [0.1, 0.15) is 0 Å². The molecule has 0 aromatic rings. The van der Waals surface area contributed by atoms with Gasteiger partial charge in [-0.3, -0.25) is 38.4 Å². The predicted octanol–water partition coefficient (Wildman–Crippen LogP) is 19.9. The fourth-order valence-corrected chi connectivity index (χ4v) is 7.38. The van der Waals surface area contributed by atoms with Crippen LogP contribution in [0.5, 0.6) is 0 Å². The molecular weight excluding hydrogens is 1190 g/mol. The van der Waals surface area contributed by atoms with Gasteiger partial charge in [-0.05, 0) is 222 Å². The van der Waals surface area contributed by atoms with E-state index in [2.05, 4.69) is 82.7 Å². The zero-order chi connectivity index (χ0) is 75.7. The van der Waals surface area contributed by atoms with Crippen molar-refractivity contribution < 1.29 is 76.3 Å². The van der Waals surface area contributed by atoms with Crippen molar-refractivity contribution in [3.63, 3.8) is 0 Å². The Morgan fingerprint density at radius 2 is 0.755 bits per heavy atom. The fraction of sp³-hybridized carbons (Fsp3) is 0.872. The first-order valence-corrected chi connectivity index (χ1v) is 35.6. The van der Waals surface area contributed by atoms with Gasteiger partial charge in [0.15, 0.2) is 0 Å². The fourth-order valence-electron chi connectivity index (χ4n) is 7.38. The lowest BCUT2D eigenvalue weighted by Gasteiger charge is -2.28. The van der Waals surface area contributed by atoms with Crippen LogP contribution < -0.4 is 0 Å². The van der Waals surface area contributed by atoms with Crippen LogP contribution in [0.2, 0.25) is 0 Å². The van der Waals surface area contributed by atoms with Gasteiger partial charge in [-0.15, -0.1) is 6.58 Å². The summed E-state index contributed by atoms with van der Waals surface area (Å²) in [6.07, 6.45) is 7.82. The number of ether oxygens (including phenoxy) is 8. The van der Waals surface area contributed by atoms with Gasteiger partial charge in [0.05, 0.1) is 78.4 Å². The van der Waals surface area contributed by atoms with E-state index in [1.54, 1.807) is 0 Å². The van der Waals surface area contributed by atoms with Gasteiger partial charge in [-0.25, -0.2) is 0 Å². The van der Waals surface area contributed by atoms with Crippen LogP contribution in [0.25, 0.3) is 0 Å². The number of carbonyl (C=O) groups is 8. The minimum atomic E-state index is -0.371. The van der Waals surface area contributed by atoms with Crippen LogP contribution in [-0.2, 0) is 76.3 Å². The van der Waals surface area contributed by atoms with Gasteiger partial charge < -0.3 is 37.9 Å². The maximum Gasteiger partial charge on any atom is 0.312 e. The predicted molar refractivity (Wildman–Crippen MR) is 385 cm³/mol. The van der Waals surface area contributed by atoms with Crippen molar-refractivity contribution in [2.24, 2.45) is 74.9 Å². The molecule has 558 valence electrons. The first-order chi connectivity index (χ1) is 42.4. The molecule has 2 rings (SSSR count). The summed E-state index contributed by atoms with van der Waals surface area (Å²) in [4.78, 5) is 89.8. The molecule has 0 heterocycles. The molecule has 0 aromatic heterocycles. The molecule has 0 aromatic carbocycles. The second-order valence-corrected chi connectivity index (χ2v) is 31.8. The Bertz CT molecular complexity index is 2020. The minimum absolute atomic E-state index is 0.00343. The molecule has 2 saturated carbocycles. The molecule has 0 bridgehead atoms. The quantitative estimate of drug-likeness (QED) is 0.0405. The lowest BCUT2D eigenvalue weighted by atomic mass is 9.78. The van der Waals surface area contributed by atoms with E-state index in [1.165, 1.54) is 12.8 Å². The highest BCUT2D eigenvalue weighted by atomic mass is 16.6. The first-order valence-electron chi connectivity index (χ1n) is 35.6. The van der Waals surface area contributed by atoms with Crippen LogP contribution in [0.1, 0.15) is 320 Å². The van der Waals surface area contributed by atoms with Crippen molar-refractivity contribution in [1.82, 2.24) is 0 Å². The molecule has 0 N–H and O–H groups in total. The molecule has 2 unspecified atom stereocenters. The Morgan fingerprint density at radius 3 is 1.04 bits per heavy atom. The molecule has 0 amide bonds. The normalized spacial score (nSPS) is 14.1. The number of hydrogen-bond donors (Lipinski definition) is 0. The molecule has 0 saturated heterocycles. The smallest absolute Gasteiger partial charge is 0.312 e. The third kappa shape index (κ3) is 55.6. The molecule has 16 nitrogen and oxygen atoms in total. The largest absolute Gasteiger partial charge is 0.463 e. The molecule has 0 spiro atoms. The van der Waals surface area contributed by atoms with Gasteiger partial charge in [0, 0.05) is 19.3 Å². The van der Waals surface area contributed by atoms with E-state index in [4.69, 9.17) is 37.9 Å². The number of allylic oxidation sites excluding steroid dienone is 1. The second kappa shape index (κ2) is 50.8. The topological polar surface area (TPSA) is 210 Å². The summed E-state index contributed by atoms with van der Waals surface area (Å²) in [5.41, 5.74) is 0.845. The van der Waals surface area contributed by atoms with Gasteiger partial charge in [-0.1, -0.05) is 130 Å². The monoisotopic (exact) mass is 1340 g/mol. The molecule has 16 heteroatoms. The number of rotatable bonds is 28. The summed E-state index contributed by atoms with van der Waals surface area (Å²) in [6, 6.07) is 0. The van der Waals surface area contributed by atoms with E-state index < -0.39 is 0 Å². The Kier molecular flexibility index (Phi) is 54.3. The summed E-state index contributed by atoms with van der Waals surface area (Å²) in [6.45, 7) is 76.7. The molecule has 2 fully saturated rings. The Labute approximate surface area is 577 Å². The van der Waals surface area contributed by atoms with Crippen molar-refractivity contribution in [3.8, 4) is 0 Å². The third-order valence-electron chi connectivity index (χ3n) is 16.2. The van der Waals surface area contributed by atoms with Crippen molar-refractivity contribution in [2.45, 2.75) is 369 Å². The van der Waals surface area contributed by atoms with Gasteiger partial charge in [-0.2, -0.15) is 0 Å². The van der Waals surface area contributed by atoms with E-state index in [-0.39, 0.29) is 124 Å². The number of esters is 8. The standard InChI is InChI=1S/C11H20O2.C11H22O2.C10H18O2.2C10H20O2.C9H16O2.C9H18O2.C8H16O2/c1-8(2)11(5-6-11)7-10(12)13-9(3)4;1-8(2)11(5,6)7-10(12)13-9(3)4;1-7(2)10(5-6-10)9(11)12-8(3)4;1-7(2)10(5,6)9(11)12-8(3)4;1-7(2)9(5)6-10(11)12-8(3)4;1-7(2)5-6-9(10)11-8(3)4;1-6(2)8(5)9(10)11-7(3)4;1-6(2)5-8(9)10-7(3)4/h8-9H,5-7H2,1-4H3;8-9H,7H2,1-6H3;7-8H,5-6H2,1-4H3;7-8H,1-6H3;7-9H,6H2,1-5H3;8H,1,5-6H2,2-4H3;6-8H,1-5H3;6-7H,5H2,1-4H3. The van der Waals surface area contributed by atoms with Crippen molar-refractivity contribution in [3.05, 3.63) is 12.2 Å². The number of carbonyl (C=O) groups excluding carboxylic acids is 8. The molecule has 2 aliphatic carbocycles.